The van der Waals surface area contributed by atoms with Crippen molar-refractivity contribution >= 4 is 26.0 Å². The van der Waals surface area contributed by atoms with Crippen LogP contribution in [0.2, 0.25) is 0 Å². The molecule has 0 radical (unpaired) electrons. The Hall–Kier alpha value is -1.27. The van der Waals surface area contributed by atoms with Gasteiger partial charge < -0.3 is 4.74 Å². The van der Waals surface area contributed by atoms with E-state index in [1.54, 1.807) is 12.1 Å². The lowest BCUT2D eigenvalue weighted by atomic mass is 10.1. The number of carbonyl (C=O) groups is 1. The monoisotopic (exact) mass is 263 g/mol. The summed E-state index contributed by atoms with van der Waals surface area (Å²) < 4.78 is 27.3. The predicted molar refractivity (Wildman–Crippen MR) is 59.8 cm³/mol. The highest BCUT2D eigenvalue weighted by molar-refractivity contribution is 8.12. The molecule has 7 heteroatoms. The van der Waals surface area contributed by atoms with E-state index in [0.717, 1.165) is 11.1 Å². The third kappa shape index (κ3) is 4.50. The molecule has 0 heterocycles. The first-order valence-corrected chi connectivity index (χ1v) is 6.60. The highest BCUT2D eigenvalue weighted by Gasteiger charge is 2.12. The Morgan fingerprint density at radius 3 is 2.19 bits per heavy atom. The van der Waals surface area contributed by atoms with Crippen LogP contribution in [0.5, 0.6) is 5.75 Å². The van der Waals surface area contributed by atoms with Crippen LogP contribution in [-0.2, 0) is 9.24 Å². The minimum Gasteiger partial charge on any atom is -0.410 e. The van der Waals surface area contributed by atoms with Crippen molar-refractivity contribution < 1.29 is 17.9 Å². The quantitative estimate of drug-likeness (QED) is 0.827. The smallest absolute Gasteiger partial charge is 0.410 e. The second-order valence-corrected chi connectivity index (χ2v) is 5.55. The number of hydrogen-bond donors (Lipinski definition) is 1. The third-order valence-corrected chi connectivity index (χ3v) is 2.25. The van der Waals surface area contributed by atoms with Crippen molar-refractivity contribution in [1.82, 2.24) is 4.72 Å². The average molecular weight is 264 g/mol. The molecule has 1 N–H and O–H groups in total. The standard InChI is InChI=1S/C9H10ClNO4S/c1-6-3-7(2)5-8(4-6)15-9(12)11-16(10,13)14/h3-5H,1-2H3,(H,11,12). The average Bonchev–Trinajstić information content (AvgIpc) is 1.96. The summed E-state index contributed by atoms with van der Waals surface area (Å²) in [5.74, 6) is 0.260. The fraction of sp³-hybridized carbons (Fsp3) is 0.222. The number of rotatable bonds is 2. The van der Waals surface area contributed by atoms with E-state index in [-0.39, 0.29) is 5.75 Å². The molecule has 0 fully saturated rings. The van der Waals surface area contributed by atoms with Gasteiger partial charge in [-0.25, -0.2) is 9.52 Å². The molecule has 88 valence electrons. The maximum atomic E-state index is 11.1. The van der Waals surface area contributed by atoms with E-state index in [9.17, 15) is 13.2 Å². The number of nitrogens with one attached hydrogen (secondary N) is 1. The van der Waals surface area contributed by atoms with E-state index < -0.39 is 15.3 Å². The van der Waals surface area contributed by atoms with Gasteiger partial charge in [-0.3, -0.25) is 0 Å². The van der Waals surface area contributed by atoms with Crippen LogP contribution in [0.1, 0.15) is 11.1 Å². The van der Waals surface area contributed by atoms with Crippen molar-refractivity contribution in [1.29, 1.82) is 0 Å². The lowest BCUT2D eigenvalue weighted by Crippen LogP contribution is -2.29. The van der Waals surface area contributed by atoms with E-state index in [1.165, 1.54) is 4.72 Å². The van der Waals surface area contributed by atoms with Crippen LogP contribution in [0, 0.1) is 13.8 Å². The first-order valence-electron chi connectivity index (χ1n) is 4.29. The van der Waals surface area contributed by atoms with Crippen LogP contribution >= 0.6 is 10.7 Å². The number of hydrogen-bond acceptors (Lipinski definition) is 4. The van der Waals surface area contributed by atoms with E-state index in [0.29, 0.717) is 0 Å². The van der Waals surface area contributed by atoms with E-state index in [2.05, 4.69) is 0 Å². The van der Waals surface area contributed by atoms with Crippen molar-refractivity contribution in [2.45, 2.75) is 13.8 Å². The van der Waals surface area contributed by atoms with Gasteiger partial charge in [-0.1, -0.05) is 6.07 Å². The second kappa shape index (κ2) is 4.71. The summed E-state index contributed by atoms with van der Waals surface area (Å²) in [4.78, 5) is 11.1. The molecule has 1 rings (SSSR count). The Labute approximate surface area is 97.9 Å². The Morgan fingerprint density at radius 2 is 1.75 bits per heavy atom. The molecule has 1 aromatic carbocycles. The highest BCUT2D eigenvalue weighted by atomic mass is 35.7. The Bertz CT molecular complexity index is 492. The van der Waals surface area contributed by atoms with Crippen molar-refractivity contribution in [3.05, 3.63) is 29.3 Å². The van der Waals surface area contributed by atoms with Crippen LogP contribution < -0.4 is 9.46 Å². The zero-order chi connectivity index (χ0) is 12.3. The van der Waals surface area contributed by atoms with Gasteiger partial charge in [0.05, 0.1) is 0 Å². The Morgan fingerprint density at radius 1 is 1.25 bits per heavy atom. The maximum Gasteiger partial charge on any atom is 0.427 e. The zero-order valence-corrected chi connectivity index (χ0v) is 10.2. The van der Waals surface area contributed by atoms with E-state index in [4.69, 9.17) is 15.4 Å². The van der Waals surface area contributed by atoms with Crippen LogP contribution in [0.15, 0.2) is 18.2 Å². The summed E-state index contributed by atoms with van der Waals surface area (Å²) >= 11 is 0. The van der Waals surface area contributed by atoms with Gasteiger partial charge in [-0.05, 0) is 37.1 Å². The summed E-state index contributed by atoms with van der Waals surface area (Å²) in [6.45, 7) is 3.66. The van der Waals surface area contributed by atoms with Gasteiger partial charge in [-0.2, -0.15) is 8.42 Å². The van der Waals surface area contributed by atoms with Crippen molar-refractivity contribution in [3.63, 3.8) is 0 Å². The molecule has 0 aliphatic rings. The summed E-state index contributed by atoms with van der Waals surface area (Å²) in [6.07, 6.45) is -1.14. The minimum absolute atomic E-state index is 0.260. The van der Waals surface area contributed by atoms with Gasteiger partial charge in [0.2, 0.25) is 0 Å². The van der Waals surface area contributed by atoms with Crippen molar-refractivity contribution in [3.8, 4) is 5.75 Å². The van der Waals surface area contributed by atoms with Crippen LogP contribution in [0.25, 0.3) is 0 Å². The van der Waals surface area contributed by atoms with Gasteiger partial charge >= 0.3 is 15.3 Å². The topological polar surface area (TPSA) is 72.5 Å². The lowest BCUT2D eigenvalue weighted by molar-refractivity contribution is 0.207. The first-order chi connectivity index (χ1) is 7.26. The van der Waals surface area contributed by atoms with Crippen LogP contribution in [0.3, 0.4) is 0 Å². The molecule has 5 nitrogen and oxygen atoms in total. The fourth-order valence-electron chi connectivity index (χ4n) is 1.22. The lowest BCUT2D eigenvalue weighted by Gasteiger charge is -2.05. The first kappa shape index (κ1) is 12.8. The van der Waals surface area contributed by atoms with Crippen LogP contribution in [-0.4, -0.2) is 14.5 Å². The highest BCUT2D eigenvalue weighted by Crippen LogP contribution is 2.16. The normalized spacial score (nSPS) is 10.9. The van der Waals surface area contributed by atoms with E-state index in [1.807, 2.05) is 19.9 Å². The maximum absolute atomic E-state index is 11.1. The molecule has 0 unspecified atom stereocenters. The molecule has 0 bridgehead atoms. The summed E-state index contributed by atoms with van der Waals surface area (Å²) in [7, 11) is 0.701. The number of benzene rings is 1. The Balaban J connectivity index is 2.77. The van der Waals surface area contributed by atoms with Gasteiger partial charge in [0.15, 0.2) is 0 Å². The molecule has 1 aromatic rings. The SMILES string of the molecule is Cc1cc(C)cc(OC(=O)NS(=O)(=O)Cl)c1. The minimum atomic E-state index is -4.12. The van der Waals surface area contributed by atoms with Crippen molar-refractivity contribution in [2.24, 2.45) is 0 Å². The molecule has 1 amide bonds. The predicted octanol–water partition coefficient (Wildman–Crippen LogP) is 1.88. The molecule has 0 saturated carbocycles. The summed E-state index contributed by atoms with van der Waals surface area (Å²) in [6, 6.07) is 5.10. The van der Waals surface area contributed by atoms with E-state index >= 15 is 0 Å². The number of aryl methyl sites for hydroxylation is 2. The molecular weight excluding hydrogens is 254 g/mol. The number of ether oxygens (including phenoxy) is 1. The molecule has 16 heavy (non-hydrogen) atoms. The van der Waals surface area contributed by atoms with Gasteiger partial charge in [-0.15, -0.1) is 0 Å². The number of carbonyl (C=O) groups excluding carboxylic acids is 1. The third-order valence-electron chi connectivity index (χ3n) is 1.61. The fourth-order valence-corrected chi connectivity index (χ4v) is 1.65. The van der Waals surface area contributed by atoms with Gasteiger partial charge in [0, 0.05) is 10.7 Å². The summed E-state index contributed by atoms with van der Waals surface area (Å²) in [5.41, 5.74) is 1.80. The van der Waals surface area contributed by atoms with Gasteiger partial charge in [0.25, 0.3) is 0 Å². The molecule has 0 atom stereocenters. The number of halogens is 1. The largest absolute Gasteiger partial charge is 0.427 e. The summed E-state index contributed by atoms with van der Waals surface area (Å²) in [5, 5.41) is 0. The molecule has 0 aliphatic heterocycles. The molecule has 0 spiro atoms. The van der Waals surface area contributed by atoms with Crippen LogP contribution in [0.4, 0.5) is 4.79 Å². The zero-order valence-electron chi connectivity index (χ0n) is 8.65. The molecule has 0 aliphatic carbocycles. The number of amides is 1. The van der Waals surface area contributed by atoms with Gasteiger partial charge in [0.1, 0.15) is 5.75 Å². The molecular formula is C9H10ClNO4S. The molecule has 0 aromatic heterocycles. The van der Waals surface area contributed by atoms with Crippen molar-refractivity contribution in [2.75, 3.05) is 0 Å². The Kier molecular flexibility index (Phi) is 3.77. The second-order valence-electron chi connectivity index (χ2n) is 3.25. The molecule has 0 saturated heterocycles.